The second-order valence-electron chi connectivity index (χ2n) is 5.13. The zero-order valence-electron chi connectivity index (χ0n) is 12.4. The van der Waals surface area contributed by atoms with Gasteiger partial charge >= 0.3 is 0 Å². The molecule has 1 heterocycles. The average molecular weight is 336 g/mol. The highest BCUT2D eigenvalue weighted by molar-refractivity contribution is 7.94. The third-order valence-corrected chi connectivity index (χ3v) is 4.94. The summed E-state index contributed by atoms with van der Waals surface area (Å²) in [7, 11) is -3.45. The maximum atomic E-state index is 12.2. The number of nitrogens with one attached hydrogen (secondary N) is 1. The molecule has 0 unspecified atom stereocenters. The number of carbonyl (C=O) groups is 1. The van der Waals surface area contributed by atoms with Gasteiger partial charge in [0.15, 0.2) is 0 Å². The van der Waals surface area contributed by atoms with Gasteiger partial charge in [0, 0.05) is 11.1 Å². The van der Waals surface area contributed by atoms with E-state index in [1.807, 2.05) is 12.1 Å². The largest absolute Gasteiger partial charge is 0.321 e. The fourth-order valence-electron chi connectivity index (χ4n) is 2.30. The van der Waals surface area contributed by atoms with Crippen LogP contribution in [0.15, 0.2) is 64.4 Å². The number of anilines is 1. The van der Waals surface area contributed by atoms with Gasteiger partial charge in [-0.25, -0.2) is 8.42 Å². The van der Waals surface area contributed by atoms with Crippen molar-refractivity contribution in [3.05, 3.63) is 70.6 Å². The summed E-state index contributed by atoms with van der Waals surface area (Å²) in [4.78, 5) is 12.4. The number of fused-ring (bicyclic) bond motifs is 1. The van der Waals surface area contributed by atoms with Crippen LogP contribution in [0.5, 0.6) is 0 Å². The molecular formula is C18H12N2O3S. The summed E-state index contributed by atoms with van der Waals surface area (Å²) >= 11 is 0. The van der Waals surface area contributed by atoms with Crippen molar-refractivity contribution < 1.29 is 13.2 Å². The Hall–Kier alpha value is -3.17. The van der Waals surface area contributed by atoms with Crippen LogP contribution in [0.25, 0.3) is 12.2 Å². The Bertz CT molecular complexity index is 1010. The lowest BCUT2D eigenvalue weighted by molar-refractivity contribution is -0.112. The summed E-state index contributed by atoms with van der Waals surface area (Å²) in [6.07, 6.45) is 2.98. The molecule has 2 aromatic carbocycles. The van der Waals surface area contributed by atoms with Crippen LogP contribution in [0.3, 0.4) is 0 Å². The number of sulfone groups is 1. The van der Waals surface area contributed by atoms with Gasteiger partial charge in [-0.2, -0.15) is 5.26 Å². The van der Waals surface area contributed by atoms with E-state index in [-0.39, 0.29) is 10.5 Å². The number of hydrogen-bond acceptors (Lipinski definition) is 4. The molecule has 2 aromatic rings. The minimum absolute atomic E-state index is 0.0670. The maximum Gasteiger partial charge on any atom is 0.266 e. The number of amides is 1. The Labute approximate surface area is 139 Å². The van der Waals surface area contributed by atoms with Gasteiger partial charge in [0.1, 0.15) is 11.6 Å². The fourth-order valence-corrected chi connectivity index (χ4v) is 3.52. The Morgan fingerprint density at radius 2 is 1.88 bits per heavy atom. The summed E-state index contributed by atoms with van der Waals surface area (Å²) < 4.78 is 23.7. The molecule has 24 heavy (non-hydrogen) atoms. The summed E-state index contributed by atoms with van der Waals surface area (Å²) in [6.45, 7) is 0. The van der Waals surface area contributed by atoms with Crippen LogP contribution in [0.1, 0.15) is 11.1 Å². The molecule has 1 aliphatic heterocycles. The number of nitrogens with zero attached hydrogens (tertiary/aromatic N) is 1. The van der Waals surface area contributed by atoms with E-state index in [0.717, 1.165) is 11.0 Å². The van der Waals surface area contributed by atoms with Crippen molar-refractivity contribution in [3.8, 4) is 6.07 Å². The van der Waals surface area contributed by atoms with Gasteiger partial charge in [0.05, 0.1) is 4.90 Å². The molecule has 1 aliphatic rings. The smallest absolute Gasteiger partial charge is 0.266 e. The Morgan fingerprint density at radius 1 is 1.12 bits per heavy atom. The first-order valence-electron chi connectivity index (χ1n) is 7.05. The van der Waals surface area contributed by atoms with Crippen molar-refractivity contribution in [2.24, 2.45) is 0 Å². The number of carbonyl (C=O) groups excluding carboxylic acids is 1. The normalized spacial score (nSPS) is 14.7. The monoisotopic (exact) mass is 336 g/mol. The van der Waals surface area contributed by atoms with Gasteiger partial charge in [-0.15, -0.1) is 0 Å². The van der Waals surface area contributed by atoms with Crippen molar-refractivity contribution >= 4 is 33.6 Å². The zero-order valence-corrected chi connectivity index (χ0v) is 13.2. The van der Waals surface area contributed by atoms with Crippen molar-refractivity contribution in [3.63, 3.8) is 0 Å². The number of rotatable bonds is 3. The van der Waals surface area contributed by atoms with Crippen molar-refractivity contribution in [1.29, 1.82) is 5.26 Å². The van der Waals surface area contributed by atoms with Gasteiger partial charge in [0.25, 0.3) is 5.91 Å². The van der Waals surface area contributed by atoms with Crippen LogP contribution in [-0.2, 0) is 14.6 Å². The molecule has 0 aliphatic carbocycles. The molecule has 0 bridgehead atoms. The van der Waals surface area contributed by atoms with E-state index in [9.17, 15) is 18.5 Å². The lowest BCUT2D eigenvalue weighted by Crippen LogP contribution is -2.13. The second-order valence-corrected chi connectivity index (χ2v) is 6.94. The SMILES string of the molecule is N#C/C(=C\c1ccccc1)C(=O)Nc1ccc2c(c1)S(=O)(=O)C=C2. The minimum Gasteiger partial charge on any atom is -0.321 e. The lowest BCUT2D eigenvalue weighted by Gasteiger charge is -2.06. The predicted molar refractivity (Wildman–Crippen MR) is 91.3 cm³/mol. The molecule has 3 rings (SSSR count). The minimum atomic E-state index is -3.45. The van der Waals surface area contributed by atoms with E-state index in [1.165, 1.54) is 18.2 Å². The summed E-state index contributed by atoms with van der Waals surface area (Å²) in [5.74, 6) is -0.593. The number of benzene rings is 2. The zero-order chi connectivity index (χ0) is 17.2. The van der Waals surface area contributed by atoms with Gasteiger partial charge in [-0.05, 0) is 35.4 Å². The maximum absolute atomic E-state index is 12.2. The topological polar surface area (TPSA) is 87.0 Å². The standard InChI is InChI=1S/C18H12N2O3S/c19-12-15(10-13-4-2-1-3-5-13)18(21)20-16-7-6-14-8-9-24(22,23)17(14)11-16/h1-11H,(H,20,21)/b15-10+. The summed E-state index contributed by atoms with van der Waals surface area (Å²) in [5.41, 5.74) is 1.56. The summed E-state index contributed by atoms with van der Waals surface area (Å²) in [5, 5.41) is 12.9. The second kappa shape index (κ2) is 6.14. The van der Waals surface area contributed by atoms with Crippen LogP contribution in [0.4, 0.5) is 5.69 Å². The van der Waals surface area contributed by atoms with Gasteiger partial charge in [-0.3, -0.25) is 4.79 Å². The van der Waals surface area contributed by atoms with Crippen LogP contribution >= 0.6 is 0 Å². The molecule has 1 amide bonds. The molecule has 0 radical (unpaired) electrons. The van der Waals surface area contributed by atoms with Crippen LogP contribution < -0.4 is 5.32 Å². The van der Waals surface area contributed by atoms with Crippen molar-refractivity contribution in [2.75, 3.05) is 5.32 Å². The summed E-state index contributed by atoms with van der Waals surface area (Å²) in [6, 6.07) is 15.4. The highest BCUT2D eigenvalue weighted by Crippen LogP contribution is 2.29. The average Bonchev–Trinajstić information content (AvgIpc) is 2.88. The van der Waals surface area contributed by atoms with E-state index >= 15 is 0 Å². The van der Waals surface area contributed by atoms with Gasteiger partial charge < -0.3 is 5.32 Å². The van der Waals surface area contributed by atoms with E-state index in [1.54, 1.807) is 36.4 Å². The number of nitriles is 1. The molecule has 1 N–H and O–H groups in total. The van der Waals surface area contributed by atoms with Crippen molar-refractivity contribution in [2.45, 2.75) is 4.90 Å². The molecule has 0 saturated heterocycles. The molecule has 0 spiro atoms. The first-order valence-corrected chi connectivity index (χ1v) is 8.60. The molecule has 6 heteroatoms. The molecule has 0 fully saturated rings. The van der Waals surface area contributed by atoms with Crippen LogP contribution in [0.2, 0.25) is 0 Å². The molecule has 118 valence electrons. The highest BCUT2D eigenvalue weighted by atomic mass is 32.2. The first-order chi connectivity index (χ1) is 11.5. The lowest BCUT2D eigenvalue weighted by atomic mass is 10.1. The third kappa shape index (κ3) is 3.12. The Kier molecular flexibility index (Phi) is 4.02. The molecule has 5 nitrogen and oxygen atoms in total. The molecule has 0 atom stereocenters. The Morgan fingerprint density at radius 3 is 2.58 bits per heavy atom. The quantitative estimate of drug-likeness (QED) is 0.689. The van der Waals surface area contributed by atoms with Crippen LogP contribution in [0, 0.1) is 11.3 Å². The Balaban J connectivity index is 1.85. The third-order valence-electron chi connectivity index (χ3n) is 3.48. The van der Waals surface area contributed by atoms with E-state index < -0.39 is 15.7 Å². The first kappa shape index (κ1) is 15.7. The van der Waals surface area contributed by atoms with Gasteiger partial charge in [0.2, 0.25) is 9.84 Å². The number of hydrogen-bond donors (Lipinski definition) is 1. The van der Waals surface area contributed by atoms with Gasteiger partial charge in [-0.1, -0.05) is 36.4 Å². The van der Waals surface area contributed by atoms with Crippen molar-refractivity contribution in [1.82, 2.24) is 0 Å². The van der Waals surface area contributed by atoms with E-state index in [0.29, 0.717) is 11.3 Å². The van der Waals surface area contributed by atoms with E-state index in [4.69, 9.17) is 0 Å². The molecule has 0 aromatic heterocycles. The van der Waals surface area contributed by atoms with Crippen LogP contribution in [-0.4, -0.2) is 14.3 Å². The van der Waals surface area contributed by atoms with E-state index in [2.05, 4.69) is 5.32 Å². The fraction of sp³-hybridized carbons (Fsp3) is 0. The molecule has 0 saturated carbocycles. The highest BCUT2D eigenvalue weighted by Gasteiger charge is 2.21. The molecular weight excluding hydrogens is 324 g/mol. The predicted octanol–water partition coefficient (Wildman–Crippen LogP) is 2.99.